The summed E-state index contributed by atoms with van der Waals surface area (Å²) in [4.78, 5) is 0. The second-order valence-electron chi connectivity index (χ2n) is 3.81. The maximum absolute atomic E-state index is 13.2. The van der Waals surface area contributed by atoms with Crippen molar-refractivity contribution in [2.24, 2.45) is 5.84 Å². The van der Waals surface area contributed by atoms with Crippen LogP contribution in [0.25, 0.3) is 0 Å². The lowest BCUT2D eigenvalue weighted by Gasteiger charge is -2.15. The molecule has 0 bridgehead atoms. The Kier molecular flexibility index (Phi) is 4.40. The molecule has 0 aliphatic carbocycles. The maximum Gasteiger partial charge on any atom is 0.197 e. The highest BCUT2D eigenvalue weighted by Crippen LogP contribution is 2.28. The van der Waals surface area contributed by atoms with Gasteiger partial charge in [0.2, 0.25) is 0 Å². The normalized spacial score (nSPS) is 12.7. The number of benzene rings is 1. The zero-order valence-electron chi connectivity index (χ0n) is 9.29. The number of nitrogens with two attached hydrogens (primary N) is 1. The fourth-order valence-corrected chi connectivity index (χ4v) is 2.39. The van der Waals surface area contributed by atoms with Crippen molar-refractivity contribution in [3.63, 3.8) is 0 Å². The predicted octanol–water partition coefficient (Wildman–Crippen LogP) is 3.58. The molecule has 0 fully saturated rings. The SMILES string of the molecule is NNC(Cc1cc(F)ccc1Br)c1ccoc1Cl. The van der Waals surface area contributed by atoms with Crippen molar-refractivity contribution in [2.75, 3.05) is 0 Å². The highest BCUT2D eigenvalue weighted by Gasteiger charge is 2.17. The lowest BCUT2D eigenvalue weighted by atomic mass is 10.0. The summed E-state index contributed by atoms with van der Waals surface area (Å²) >= 11 is 9.28. The third-order valence-corrected chi connectivity index (χ3v) is 3.74. The van der Waals surface area contributed by atoms with Crippen LogP contribution in [-0.4, -0.2) is 0 Å². The number of hydrazine groups is 1. The van der Waals surface area contributed by atoms with Crippen molar-refractivity contribution in [2.45, 2.75) is 12.5 Å². The fourth-order valence-electron chi connectivity index (χ4n) is 1.73. The zero-order chi connectivity index (χ0) is 13.1. The van der Waals surface area contributed by atoms with Crippen molar-refractivity contribution >= 4 is 27.5 Å². The first-order valence-corrected chi connectivity index (χ1v) is 6.42. The van der Waals surface area contributed by atoms with Crippen LogP contribution in [0.4, 0.5) is 4.39 Å². The standard InChI is InChI=1S/C12H11BrClFN2O/c13-10-2-1-8(15)5-7(10)6-11(17-16)9-3-4-18-12(9)14/h1-5,11,17H,6,16H2. The summed E-state index contributed by atoms with van der Waals surface area (Å²) in [5.74, 6) is 5.22. The molecule has 0 amide bonds. The quantitative estimate of drug-likeness (QED) is 0.664. The highest BCUT2D eigenvalue weighted by molar-refractivity contribution is 9.10. The molecule has 1 aromatic carbocycles. The molecule has 18 heavy (non-hydrogen) atoms. The average Bonchev–Trinajstić information content (AvgIpc) is 2.77. The number of hydrogen-bond donors (Lipinski definition) is 2. The van der Waals surface area contributed by atoms with Crippen LogP contribution in [0.1, 0.15) is 17.2 Å². The van der Waals surface area contributed by atoms with Crippen LogP contribution < -0.4 is 11.3 Å². The van der Waals surface area contributed by atoms with E-state index in [-0.39, 0.29) is 17.1 Å². The number of nitrogens with one attached hydrogen (secondary N) is 1. The molecule has 0 aliphatic heterocycles. The smallest absolute Gasteiger partial charge is 0.197 e. The van der Waals surface area contributed by atoms with Gasteiger partial charge in [-0.1, -0.05) is 15.9 Å². The van der Waals surface area contributed by atoms with Crippen LogP contribution in [0.2, 0.25) is 5.22 Å². The van der Waals surface area contributed by atoms with Gasteiger partial charge in [0.05, 0.1) is 12.3 Å². The minimum absolute atomic E-state index is 0.241. The summed E-state index contributed by atoms with van der Waals surface area (Å²) in [6.45, 7) is 0. The molecule has 3 nitrogen and oxygen atoms in total. The summed E-state index contributed by atoms with van der Waals surface area (Å²) in [6, 6.07) is 6.01. The number of rotatable bonds is 4. The van der Waals surface area contributed by atoms with Gasteiger partial charge in [-0.15, -0.1) is 0 Å². The van der Waals surface area contributed by atoms with Gasteiger partial charge in [0.25, 0.3) is 0 Å². The molecule has 3 N–H and O–H groups in total. The van der Waals surface area contributed by atoms with E-state index in [0.29, 0.717) is 6.42 Å². The minimum atomic E-state index is -0.290. The first-order valence-electron chi connectivity index (χ1n) is 5.24. The zero-order valence-corrected chi connectivity index (χ0v) is 11.6. The Bertz CT molecular complexity index is 547. The first-order chi connectivity index (χ1) is 8.61. The predicted molar refractivity (Wildman–Crippen MR) is 71.6 cm³/mol. The molecule has 2 rings (SSSR count). The Morgan fingerprint density at radius 2 is 2.22 bits per heavy atom. The summed E-state index contributed by atoms with van der Waals surface area (Å²) in [5, 5.41) is 0.283. The molecular weight excluding hydrogens is 322 g/mol. The van der Waals surface area contributed by atoms with Crippen LogP contribution in [0.3, 0.4) is 0 Å². The summed E-state index contributed by atoms with van der Waals surface area (Å²) in [7, 11) is 0. The maximum atomic E-state index is 13.2. The number of hydrogen-bond acceptors (Lipinski definition) is 3. The Hall–Kier alpha value is -0.880. The molecule has 0 radical (unpaired) electrons. The van der Waals surface area contributed by atoms with Gasteiger partial charge in [0.15, 0.2) is 5.22 Å². The van der Waals surface area contributed by atoms with E-state index in [0.717, 1.165) is 15.6 Å². The molecule has 96 valence electrons. The van der Waals surface area contributed by atoms with Crippen LogP contribution in [0.15, 0.2) is 39.4 Å². The van der Waals surface area contributed by atoms with Crippen molar-refractivity contribution < 1.29 is 8.81 Å². The summed E-state index contributed by atoms with van der Waals surface area (Å²) < 4.78 is 19.1. The van der Waals surface area contributed by atoms with Gasteiger partial charge in [0.1, 0.15) is 5.82 Å². The molecule has 0 saturated carbocycles. The van der Waals surface area contributed by atoms with Gasteiger partial charge in [-0.25, -0.2) is 4.39 Å². The minimum Gasteiger partial charge on any atom is -0.453 e. The molecule has 1 atom stereocenters. The Morgan fingerprint density at radius 1 is 1.44 bits per heavy atom. The number of furan rings is 1. The lowest BCUT2D eigenvalue weighted by Crippen LogP contribution is -2.29. The first kappa shape index (κ1) is 13.5. The summed E-state index contributed by atoms with van der Waals surface area (Å²) in [5.41, 5.74) is 4.20. The van der Waals surface area contributed by atoms with Crippen LogP contribution in [0, 0.1) is 5.82 Å². The van der Waals surface area contributed by atoms with Gasteiger partial charge < -0.3 is 4.42 Å². The third kappa shape index (κ3) is 2.92. The Balaban J connectivity index is 2.26. The van der Waals surface area contributed by atoms with Gasteiger partial charge in [-0.2, -0.15) is 0 Å². The van der Waals surface area contributed by atoms with E-state index in [9.17, 15) is 4.39 Å². The van der Waals surface area contributed by atoms with Crippen molar-refractivity contribution in [3.05, 3.63) is 57.2 Å². The molecule has 0 saturated heterocycles. The van der Waals surface area contributed by atoms with E-state index in [1.54, 1.807) is 12.1 Å². The van der Waals surface area contributed by atoms with Gasteiger partial charge >= 0.3 is 0 Å². The van der Waals surface area contributed by atoms with E-state index in [4.69, 9.17) is 21.9 Å². The molecule has 0 spiro atoms. The monoisotopic (exact) mass is 332 g/mol. The van der Waals surface area contributed by atoms with E-state index >= 15 is 0 Å². The molecule has 6 heteroatoms. The second-order valence-corrected chi connectivity index (χ2v) is 5.01. The van der Waals surface area contributed by atoms with Crippen molar-refractivity contribution in [1.29, 1.82) is 0 Å². The fraction of sp³-hybridized carbons (Fsp3) is 0.167. The van der Waals surface area contributed by atoms with E-state index in [1.165, 1.54) is 18.4 Å². The molecule has 2 aromatic rings. The van der Waals surface area contributed by atoms with Gasteiger partial charge in [-0.3, -0.25) is 11.3 Å². The molecular formula is C12H11BrClFN2O. The summed E-state index contributed by atoms with van der Waals surface area (Å²) in [6.07, 6.45) is 1.98. The topological polar surface area (TPSA) is 51.2 Å². The lowest BCUT2D eigenvalue weighted by molar-refractivity contribution is 0.525. The van der Waals surface area contributed by atoms with Gasteiger partial charge in [0, 0.05) is 10.0 Å². The van der Waals surface area contributed by atoms with E-state index < -0.39 is 0 Å². The average molecular weight is 334 g/mol. The Labute approximate surface area is 117 Å². The molecule has 0 aliphatic rings. The third-order valence-electron chi connectivity index (χ3n) is 2.65. The number of halogens is 3. The Morgan fingerprint density at radius 3 is 2.83 bits per heavy atom. The molecule has 1 heterocycles. The van der Waals surface area contributed by atoms with E-state index in [2.05, 4.69) is 21.4 Å². The largest absolute Gasteiger partial charge is 0.453 e. The van der Waals surface area contributed by atoms with Crippen LogP contribution in [0.5, 0.6) is 0 Å². The van der Waals surface area contributed by atoms with Crippen molar-refractivity contribution in [3.8, 4) is 0 Å². The van der Waals surface area contributed by atoms with Crippen LogP contribution >= 0.6 is 27.5 Å². The highest BCUT2D eigenvalue weighted by atomic mass is 79.9. The van der Waals surface area contributed by atoms with Crippen LogP contribution in [-0.2, 0) is 6.42 Å². The second kappa shape index (κ2) is 5.84. The van der Waals surface area contributed by atoms with E-state index in [1.807, 2.05) is 0 Å². The van der Waals surface area contributed by atoms with Gasteiger partial charge in [-0.05, 0) is 47.9 Å². The van der Waals surface area contributed by atoms with Crippen molar-refractivity contribution in [1.82, 2.24) is 5.43 Å². The molecule has 1 aromatic heterocycles. The molecule has 1 unspecified atom stereocenters.